The zero-order valence-corrected chi connectivity index (χ0v) is 13.8. The smallest absolute Gasteiger partial charge is 0.139 e. The molecule has 3 rings (SSSR count). The van der Waals surface area contributed by atoms with Crippen LogP contribution in [0.1, 0.15) is 31.2 Å². The molecule has 2 fully saturated rings. The van der Waals surface area contributed by atoms with Gasteiger partial charge in [-0.3, -0.25) is 4.90 Å². The zero-order valence-electron chi connectivity index (χ0n) is 13.8. The van der Waals surface area contributed by atoms with Gasteiger partial charge in [-0.2, -0.15) is 0 Å². The molecule has 2 aliphatic rings. The average Bonchev–Trinajstić information content (AvgIpc) is 2.56. The summed E-state index contributed by atoms with van der Waals surface area (Å²) in [5.41, 5.74) is 2.72. The summed E-state index contributed by atoms with van der Waals surface area (Å²) in [6.07, 6.45) is 6.60. The van der Waals surface area contributed by atoms with Crippen LogP contribution >= 0.6 is 0 Å². The van der Waals surface area contributed by atoms with Crippen molar-refractivity contribution < 1.29 is 9.47 Å². The van der Waals surface area contributed by atoms with Crippen LogP contribution in [0, 0.1) is 0 Å². The highest BCUT2D eigenvalue weighted by Gasteiger charge is 2.31. The Hall–Kier alpha value is -0.835. The number of ether oxygens (including phenoxy) is 2. The van der Waals surface area contributed by atoms with E-state index in [4.69, 9.17) is 9.47 Å². The second kappa shape index (κ2) is 8.14. The number of hydrogen-bond donors (Lipinski definition) is 0. The number of morpholine rings is 1. The van der Waals surface area contributed by atoms with Gasteiger partial charge in [0.2, 0.25) is 0 Å². The van der Waals surface area contributed by atoms with Gasteiger partial charge in [0.1, 0.15) is 7.85 Å². The van der Waals surface area contributed by atoms with E-state index in [1.165, 1.54) is 36.7 Å². The van der Waals surface area contributed by atoms with Crippen LogP contribution in [-0.4, -0.2) is 57.8 Å². The molecular weight excluding hydrogens is 273 g/mol. The van der Waals surface area contributed by atoms with Crippen molar-refractivity contribution in [2.45, 2.75) is 44.2 Å². The van der Waals surface area contributed by atoms with Gasteiger partial charge >= 0.3 is 0 Å². The van der Waals surface area contributed by atoms with E-state index in [0.29, 0.717) is 12.1 Å². The van der Waals surface area contributed by atoms with Gasteiger partial charge in [-0.1, -0.05) is 42.6 Å². The minimum atomic E-state index is 0.414. The molecule has 0 spiro atoms. The Kier molecular flexibility index (Phi) is 5.93. The Bertz CT molecular complexity index is 462. The van der Waals surface area contributed by atoms with Crippen molar-refractivity contribution >= 4 is 13.3 Å². The molecule has 0 amide bonds. The minimum Gasteiger partial charge on any atom is -0.379 e. The Morgan fingerprint density at radius 2 is 2.00 bits per heavy atom. The molecule has 1 saturated heterocycles. The summed E-state index contributed by atoms with van der Waals surface area (Å²) in [6.45, 7) is 4.75. The van der Waals surface area contributed by atoms with Gasteiger partial charge < -0.3 is 9.47 Å². The fraction of sp³-hybridized carbons (Fsp3) is 0.667. The lowest BCUT2D eigenvalue weighted by Crippen LogP contribution is -2.51. The van der Waals surface area contributed by atoms with E-state index in [1.54, 1.807) is 0 Å². The third-order valence-electron chi connectivity index (χ3n) is 4.99. The summed E-state index contributed by atoms with van der Waals surface area (Å²) in [5, 5.41) is 0. The summed E-state index contributed by atoms with van der Waals surface area (Å²) in [7, 11) is 2.15. The highest BCUT2D eigenvalue weighted by molar-refractivity contribution is 6.32. The van der Waals surface area contributed by atoms with Crippen LogP contribution in [0.15, 0.2) is 24.3 Å². The Labute approximate surface area is 135 Å². The van der Waals surface area contributed by atoms with Crippen LogP contribution in [0.2, 0.25) is 0 Å². The second-order valence-electron chi connectivity index (χ2n) is 6.65. The van der Waals surface area contributed by atoms with E-state index < -0.39 is 0 Å². The second-order valence-corrected chi connectivity index (χ2v) is 6.65. The number of hydrogen-bond acceptors (Lipinski definition) is 3. The van der Waals surface area contributed by atoms with Gasteiger partial charge in [-0.25, -0.2) is 0 Å². The molecule has 2 atom stereocenters. The SMILES string of the molecule is Bc1cccc(CCOC2CCCCC2N2CCOCC2)c1. The van der Waals surface area contributed by atoms with E-state index in [0.717, 1.165) is 39.3 Å². The molecule has 0 N–H and O–H groups in total. The first-order valence-corrected chi connectivity index (χ1v) is 8.82. The first-order chi connectivity index (χ1) is 10.8. The van der Waals surface area contributed by atoms with E-state index >= 15 is 0 Å². The Morgan fingerprint density at radius 3 is 2.82 bits per heavy atom. The first kappa shape index (κ1) is 16.0. The van der Waals surface area contributed by atoms with Crippen LogP contribution < -0.4 is 5.46 Å². The fourth-order valence-corrected chi connectivity index (χ4v) is 3.79. The summed E-state index contributed by atoms with van der Waals surface area (Å²) in [4.78, 5) is 2.60. The third kappa shape index (κ3) is 4.34. The number of nitrogens with zero attached hydrogens (tertiary/aromatic N) is 1. The summed E-state index contributed by atoms with van der Waals surface area (Å²) in [6, 6.07) is 9.37. The zero-order chi connectivity index (χ0) is 15.2. The lowest BCUT2D eigenvalue weighted by Gasteiger charge is -2.41. The molecule has 1 aromatic rings. The van der Waals surface area contributed by atoms with Crippen molar-refractivity contribution in [3.05, 3.63) is 29.8 Å². The monoisotopic (exact) mass is 301 g/mol. The standard InChI is InChI=1S/C18H28BNO2/c19-16-5-3-4-15(14-16)8-11-22-18-7-2-1-6-17(18)20-9-12-21-13-10-20/h3-5,14,17-18H,1-2,6-13,19H2. The molecule has 2 unspecified atom stereocenters. The summed E-state index contributed by atoms with van der Waals surface area (Å²) < 4.78 is 11.8. The number of rotatable bonds is 5. The van der Waals surface area contributed by atoms with Crippen molar-refractivity contribution in [2.75, 3.05) is 32.9 Å². The molecule has 4 heteroatoms. The van der Waals surface area contributed by atoms with Crippen LogP contribution in [0.4, 0.5) is 0 Å². The Balaban J connectivity index is 1.50. The van der Waals surface area contributed by atoms with Crippen molar-refractivity contribution in [1.82, 2.24) is 4.90 Å². The maximum Gasteiger partial charge on any atom is 0.139 e. The largest absolute Gasteiger partial charge is 0.379 e. The van der Waals surface area contributed by atoms with Gasteiger partial charge in [0.05, 0.1) is 25.9 Å². The van der Waals surface area contributed by atoms with Crippen LogP contribution in [0.3, 0.4) is 0 Å². The topological polar surface area (TPSA) is 21.7 Å². The molecule has 1 heterocycles. The van der Waals surface area contributed by atoms with Gasteiger partial charge in [-0.05, 0) is 24.8 Å². The molecule has 120 valence electrons. The molecule has 1 saturated carbocycles. The average molecular weight is 301 g/mol. The molecule has 0 aromatic heterocycles. The molecule has 0 bridgehead atoms. The Morgan fingerprint density at radius 1 is 1.18 bits per heavy atom. The summed E-state index contributed by atoms with van der Waals surface area (Å²) in [5.74, 6) is 0. The maximum absolute atomic E-state index is 6.31. The minimum absolute atomic E-state index is 0.414. The predicted octanol–water partition coefficient (Wildman–Crippen LogP) is 1.15. The predicted molar refractivity (Wildman–Crippen MR) is 92.7 cm³/mol. The van der Waals surface area contributed by atoms with Crippen LogP contribution in [-0.2, 0) is 15.9 Å². The summed E-state index contributed by atoms with van der Waals surface area (Å²) >= 11 is 0. The van der Waals surface area contributed by atoms with Crippen LogP contribution in [0.5, 0.6) is 0 Å². The lowest BCUT2D eigenvalue weighted by molar-refractivity contribution is -0.0647. The highest BCUT2D eigenvalue weighted by atomic mass is 16.5. The fourth-order valence-electron chi connectivity index (χ4n) is 3.79. The van der Waals surface area contributed by atoms with Gasteiger partial charge in [0, 0.05) is 19.1 Å². The lowest BCUT2D eigenvalue weighted by atomic mass is 9.90. The van der Waals surface area contributed by atoms with Crippen molar-refractivity contribution in [3.63, 3.8) is 0 Å². The molecular formula is C18H28BNO2. The van der Waals surface area contributed by atoms with Crippen molar-refractivity contribution in [1.29, 1.82) is 0 Å². The van der Waals surface area contributed by atoms with Gasteiger partial charge in [0.25, 0.3) is 0 Å². The van der Waals surface area contributed by atoms with Gasteiger partial charge in [0.15, 0.2) is 0 Å². The normalized spacial score (nSPS) is 26.9. The molecule has 0 radical (unpaired) electrons. The molecule has 1 aliphatic heterocycles. The number of benzene rings is 1. The van der Waals surface area contributed by atoms with Gasteiger partial charge in [-0.15, -0.1) is 0 Å². The van der Waals surface area contributed by atoms with Crippen molar-refractivity contribution in [2.24, 2.45) is 0 Å². The maximum atomic E-state index is 6.31. The molecule has 3 nitrogen and oxygen atoms in total. The van der Waals surface area contributed by atoms with E-state index in [2.05, 4.69) is 37.0 Å². The van der Waals surface area contributed by atoms with E-state index in [1.807, 2.05) is 0 Å². The van der Waals surface area contributed by atoms with Crippen LogP contribution in [0.25, 0.3) is 0 Å². The van der Waals surface area contributed by atoms with E-state index in [9.17, 15) is 0 Å². The van der Waals surface area contributed by atoms with Crippen molar-refractivity contribution in [3.8, 4) is 0 Å². The highest BCUT2D eigenvalue weighted by Crippen LogP contribution is 2.26. The molecule has 1 aromatic carbocycles. The molecule has 1 aliphatic carbocycles. The first-order valence-electron chi connectivity index (χ1n) is 8.82. The van der Waals surface area contributed by atoms with E-state index in [-0.39, 0.29) is 0 Å². The molecule has 22 heavy (non-hydrogen) atoms. The quantitative estimate of drug-likeness (QED) is 0.762. The third-order valence-corrected chi connectivity index (χ3v) is 4.99.